The highest BCUT2D eigenvalue weighted by molar-refractivity contribution is 5.93. The molecule has 3 amide bonds. The molecular weight excluding hydrogens is 572 g/mol. The number of fused-ring (bicyclic) bond motifs is 2. The van der Waals surface area contributed by atoms with E-state index in [2.05, 4.69) is 76.7 Å². The van der Waals surface area contributed by atoms with Gasteiger partial charge >= 0.3 is 0 Å². The Morgan fingerprint density at radius 2 is 1.17 bits per heavy atom. The van der Waals surface area contributed by atoms with Gasteiger partial charge in [-0.25, -0.2) is 0 Å². The van der Waals surface area contributed by atoms with Crippen LogP contribution in [0.5, 0.6) is 0 Å². The summed E-state index contributed by atoms with van der Waals surface area (Å²) in [7, 11) is 0. The Balaban J connectivity index is 1.24. The summed E-state index contributed by atoms with van der Waals surface area (Å²) in [6.07, 6.45) is 6.23. The number of hydrogen-bond acceptors (Lipinski definition) is 4. The Morgan fingerprint density at radius 3 is 1.74 bits per heavy atom. The first-order valence-electron chi connectivity index (χ1n) is 17.0. The van der Waals surface area contributed by atoms with E-state index < -0.39 is 12.1 Å². The van der Waals surface area contributed by atoms with Gasteiger partial charge in [0.1, 0.15) is 12.1 Å². The van der Waals surface area contributed by atoms with Crippen LogP contribution in [0.4, 0.5) is 0 Å². The summed E-state index contributed by atoms with van der Waals surface area (Å²) >= 11 is 0. The summed E-state index contributed by atoms with van der Waals surface area (Å²) < 4.78 is 0. The van der Waals surface area contributed by atoms with Crippen molar-refractivity contribution >= 4 is 39.3 Å². The van der Waals surface area contributed by atoms with Gasteiger partial charge in [-0.2, -0.15) is 0 Å². The number of hydrogen-bond donors (Lipinski definition) is 4. The Hall–Kier alpha value is -4.23. The molecule has 1 saturated carbocycles. The summed E-state index contributed by atoms with van der Waals surface area (Å²) in [5.74, 6) is -0.0858. The topological polar surface area (TPSA) is 99.3 Å². The SMILES string of the molecule is CC1CCC(NC(=O)C(Cc2ccc3ccccc3c2)NC(=O)C(Cc2ccc3ccccc3c2)NC(=O)C2CCNCC2)CC1. The molecule has 0 radical (unpaired) electrons. The fraction of sp³-hybridized carbons (Fsp3) is 0.410. The zero-order valence-corrected chi connectivity index (χ0v) is 26.8. The average Bonchev–Trinajstić information content (AvgIpc) is 3.09. The van der Waals surface area contributed by atoms with Crippen molar-refractivity contribution in [3.8, 4) is 0 Å². The molecule has 0 spiro atoms. The second kappa shape index (κ2) is 14.9. The lowest BCUT2D eigenvalue weighted by Gasteiger charge is -2.30. The minimum absolute atomic E-state index is 0.103. The maximum absolute atomic E-state index is 14.2. The van der Waals surface area contributed by atoms with Crippen LogP contribution < -0.4 is 21.3 Å². The van der Waals surface area contributed by atoms with E-state index in [0.29, 0.717) is 18.8 Å². The molecule has 1 heterocycles. The molecule has 1 saturated heterocycles. The van der Waals surface area contributed by atoms with Crippen LogP contribution in [-0.2, 0) is 27.2 Å². The molecule has 4 aromatic rings. The summed E-state index contributed by atoms with van der Waals surface area (Å²) in [4.78, 5) is 41.5. The molecule has 2 aliphatic rings. The van der Waals surface area contributed by atoms with Crippen LogP contribution in [0.2, 0.25) is 0 Å². The number of nitrogens with one attached hydrogen (secondary N) is 4. The van der Waals surface area contributed by atoms with Crippen LogP contribution in [0, 0.1) is 11.8 Å². The van der Waals surface area contributed by atoms with Crippen molar-refractivity contribution < 1.29 is 14.4 Å². The van der Waals surface area contributed by atoms with Crippen molar-refractivity contribution in [3.63, 3.8) is 0 Å². The zero-order chi connectivity index (χ0) is 31.9. The molecule has 7 nitrogen and oxygen atoms in total. The van der Waals surface area contributed by atoms with Crippen molar-refractivity contribution in [1.82, 2.24) is 21.3 Å². The molecule has 7 heteroatoms. The van der Waals surface area contributed by atoms with Crippen molar-refractivity contribution in [2.75, 3.05) is 13.1 Å². The largest absolute Gasteiger partial charge is 0.352 e. The van der Waals surface area contributed by atoms with Crippen LogP contribution in [0.25, 0.3) is 21.5 Å². The lowest BCUT2D eigenvalue weighted by Crippen LogP contribution is -2.57. The number of amides is 3. The fourth-order valence-electron chi connectivity index (χ4n) is 6.97. The van der Waals surface area contributed by atoms with E-state index in [1.54, 1.807) is 0 Å². The van der Waals surface area contributed by atoms with E-state index in [-0.39, 0.29) is 29.7 Å². The molecular formula is C39H46N4O3. The molecule has 2 unspecified atom stereocenters. The predicted octanol–water partition coefficient (Wildman–Crippen LogP) is 5.44. The minimum atomic E-state index is -0.814. The van der Waals surface area contributed by atoms with Gasteiger partial charge in [-0.3, -0.25) is 14.4 Å². The lowest BCUT2D eigenvalue weighted by atomic mass is 9.87. The molecule has 0 bridgehead atoms. The van der Waals surface area contributed by atoms with Crippen LogP contribution in [-0.4, -0.2) is 48.9 Å². The molecule has 1 aliphatic heterocycles. The van der Waals surface area contributed by atoms with Crippen LogP contribution in [0.1, 0.15) is 56.6 Å². The quantitative estimate of drug-likeness (QED) is 0.190. The molecule has 6 rings (SSSR count). The highest BCUT2D eigenvalue weighted by Crippen LogP contribution is 2.24. The number of carbonyl (C=O) groups is 3. The summed E-state index contributed by atoms with van der Waals surface area (Å²) in [5, 5.41) is 17.2. The monoisotopic (exact) mass is 618 g/mol. The summed E-state index contributed by atoms with van der Waals surface area (Å²) in [6, 6.07) is 27.1. The molecule has 0 aromatic heterocycles. The average molecular weight is 619 g/mol. The lowest BCUT2D eigenvalue weighted by molar-refractivity contribution is -0.133. The van der Waals surface area contributed by atoms with Gasteiger partial charge < -0.3 is 21.3 Å². The van der Waals surface area contributed by atoms with Gasteiger partial charge in [-0.05, 0) is 90.2 Å². The predicted molar refractivity (Wildman–Crippen MR) is 184 cm³/mol. The zero-order valence-electron chi connectivity index (χ0n) is 26.8. The first-order chi connectivity index (χ1) is 22.4. The first kappa shape index (κ1) is 31.7. The second-order valence-corrected chi connectivity index (χ2v) is 13.4. The molecule has 4 aromatic carbocycles. The van der Waals surface area contributed by atoms with Crippen LogP contribution in [0.15, 0.2) is 84.9 Å². The Bertz CT molecular complexity index is 1670. The highest BCUT2D eigenvalue weighted by Gasteiger charge is 2.31. The molecule has 46 heavy (non-hydrogen) atoms. The molecule has 1 aliphatic carbocycles. The standard InChI is InChI=1S/C39H46N4O3/c1-26-10-16-34(17-11-26)41-38(45)35(24-27-12-14-29-6-2-4-8-32(29)22-27)43-39(46)36(42-37(44)31-18-20-40-21-19-31)25-28-13-15-30-7-3-5-9-33(30)23-28/h2-9,12-15,22-23,26,31,34-36,40H,10-11,16-21,24-25H2,1H3,(H,41,45)(H,42,44)(H,43,46). The molecule has 2 atom stereocenters. The van der Waals surface area contributed by atoms with Gasteiger partial charge in [0, 0.05) is 24.8 Å². The second-order valence-electron chi connectivity index (χ2n) is 13.4. The van der Waals surface area contributed by atoms with Crippen molar-refractivity contribution in [2.45, 2.75) is 76.4 Å². The minimum Gasteiger partial charge on any atom is -0.352 e. The van der Waals surface area contributed by atoms with Gasteiger partial charge in [0.2, 0.25) is 17.7 Å². The number of piperidine rings is 1. The highest BCUT2D eigenvalue weighted by atomic mass is 16.2. The summed E-state index contributed by atoms with van der Waals surface area (Å²) in [5.41, 5.74) is 1.93. The first-order valence-corrected chi connectivity index (χ1v) is 17.0. The molecule has 2 fully saturated rings. The van der Waals surface area contributed by atoms with Gasteiger partial charge in [0.05, 0.1) is 0 Å². The third-order valence-corrected chi connectivity index (χ3v) is 9.85. The van der Waals surface area contributed by atoms with E-state index in [9.17, 15) is 14.4 Å². The van der Waals surface area contributed by atoms with Gasteiger partial charge in [0.25, 0.3) is 0 Å². The molecule has 4 N–H and O–H groups in total. The maximum Gasteiger partial charge on any atom is 0.243 e. The van der Waals surface area contributed by atoms with E-state index in [1.807, 2.05) is 36.4 Å². The maximum atomic E-state index is 14.2. The van der Waals surface area contributed by atoms with Crippen molar-refractivity contribution in [2.24, 2.45) is 11.8 Å². The van der Waals surface area contributed by atoms with Gasteiger partial charge in [-0.1, -0.05) is 91.9 Å². The van der Waals surface area contributed by atoms with Gasteiger partial charge in [0.15, 0.2) is 0 Å². The van der Waals surface area contributed by atoms with Crippen molar-refractivity contribution in [1.29, 1.82) is 0 Å². The number of carbonyl (C=O) groups excluding carboxylic acids is 3. The Kier molecular flexibility index (Phi) is 10.3. The van der Waals surface area contributed by atoms with E-state index in [1.165, 1.54) is 0 Å². The third kappa shape index (κ3) is 8.13. The van der Waals surface area contributed by atoms with E-state index in [4.69, 9.17) is 0 Å². The summed E-state index contributed by atoms with van der Waals surface area (Å²) in [6.45, 7) is 3.83. The smallest absolute Gasteiger partial charge is 0.243 e. The van der Waals surface area contributed by atoms with Crippen LogP contribution >= 0.6 is 0 Å². The van der Waals surface area contributed by atoms with Crippen LogP contribution in [0.3, 0.4) is 0 Å². The Labute approximate surface area is 271 Å². The van der Waals surface area contributed by atoms with Gasteiger partial charge in [-0.15, -0.1) is 0 Å². The number of benzene rings is 4. The fourth-order valence-corrected chi connectivity index (χ4v) is 6.97. The van der Waals surface area contributed by atoms with E-state index in [0.717, 1.165) is 84.3 Å². The number of rotatable bonds is 10. The third-order valence-electron chi connectivity index (χ3n) is 9.85. The normalized spacial score (nSPS) is 20.1. The van der Waals surface area contributed by atoms with E-state index >= 15 is 0 Å². The Morgan fingerprint density at radius 1 is 0.652 bits per heavy atom. The van der Waals surface area contributed by atoms with Crippen molar-refractivity contribution in [3.05, 3.63) is 96.1 Å². The molecule has 240 valence electrons.